The predicted molar refractivity (Wildman–Crippen MR) is 61.9 cm³/mol. The molecule has 2 N–H and O–H groups in total. The summed E-state index contributed by atoms with van der Waals surface area (Å²) in [5.41, 5.74) is 0.450. The number of likely N-dealkylation sites (N-methyl/N-ethyl adjacent to an activating group) is 1. The molecule has 6 heteroatoms. The molecule has 0 aliphatic carbocycles. The van der Waals surface area contributed by atoms with E-state index in [1.807, 2.05) is 0 Å². The van der Waals surface area contributed by atoms with Crippen LogP contribution in [0.15, 0.2) is 21.5 Å². The fourth-order valence-electron chi connectivity index (χ4n) is 1.11. The van der Waals surface area contributed by atoms with E-state index in [9.17, 15) is 9.59 Å². The average Bonchev–Trinajstić information content (AvgIpc) is 2.14. The summed E-state index contributed by atoms with van der Waals surface area (Å²) < 4.78 is 1.83. The van der Waals surface area contributed by atoms with Gasteiger partial charge in [0.2, 0.25) is 5.91 Å². The maximum absolute atomic E-state index is 11.3. The van der Waals surface area contributed by atoms with Crippen LogP contribution in [-0.4, -0.2) is 24.1 Å². The number of hydrogen-bond donors (Lipinski definition) is 2. The van der Waals surface area contributed by atoms with Gasteiger partial charge in [-0.3, -0.25) is 9.59 Å². The highest BCUT2D eigenvalue weighted by atomic mass is 79.9. The Morgan fingerprint density at radius 3 is 2.80 bits per heavy atom. The first kappa shape index (κ1) is 11.9. The minimum atomic E-state index is -0.150. The van der Waals surface area contributed by atoms with E-state index in [4.69, 9.17) is 0 Å². The second kappa shape index (κ2) is 5.09. The van der Waals surface area contributed by atoms with Crippen molar-refractivity contribution in [3.8, 4) is 0 Å². The number of aryl methyl sites for hydroxylation is 1. The summed E-state index contributed by atoms with van der Waals surface area (Å²) in [6.07, 6.45) is 1.57. The maximum Gasteiger partial charge on any atom is 0.264 e. The summed E-state index contributed by atoms with van der Waals surface area (Å²) in [5.74, 6) is -0.150. The number of rotatable bonds is 3. The van der Waals surface area contributed by atoms with Gasteiger partial charge in [-0.1, -0.05) is 0 Å². The molecule has 1 rings (SSSR count). The van der Waals surface area contributed by atoms with Crippen LogP contribution in [0.25, 0.3) is 0 Å². The van der Waals surface area contributed by atoms with Crippen LogP contribution in [0.5, 0.6) is 0 Å². The minimum Gasteiger partial charge on any atom is -0.324 e. The summed E-state index contributed by atoms with van der Waals surface area (Å²) in [6.45, 7) is 0.237. The Balaban J connectivity index is 2.88. The Morgan fingerprint density at radius 2 is 2.27 bits per heavy atom. The molecule has 1 aromatic heterocycles. The van der Waals surface area contributed by atoms with Gasteiger partial charge in [0.05, 0.1) is 16.7 Å². The number of nitrogens with zero attached hydrogens (tertiary/aromatic N) is 1. The van der Waals surface area contributed by atoms with Gasteiger partial charge in [-0.15, -0.1) is 0 Å². The highest BCUT2D eigenvalue weighted by Gasteiger charge is 2.04. The molecule has 0 aliphatic rings. The summed E-state index contributed by atoms with van der Waals surface area (Å²) in [4.78, 5) is 22.6. The molecule has 5 nitrogen and oxygen atoms in total. The van der Waals surface area contributed by atoms with Crippen LogP contribution in [0.3, 0.4) is 0 Å². The van der Waals surface area contributed by atoms with Crippen LogP contribution in [0.2, 0.25) is 0 Å². The first-order valence-electron chi connectivity index (χ1n) is 4.35. The minimum absolute atomic E-state index is 0.137. The molecule has 0 spiro atoms. The van der Waals surface area contributed by atoms with E-state index in [0.717, 1.165) is 0 Å². The van der Waals surface area contributed by atoms with Crippen molar-refractivity contribution in [2.75, 3.05) is 18.9 Å². The molecule has 1 aromatic rings. The number of aromatic nitrogens is 1. The molecule has 0 fully saturated rings. The topological polar surface area (TPSA) is 63.1 Å². The Labute approximate surface area is 95.6 Å². The van der Waals surface area contributed by atoms with E-state index in [-0.39, 0.29) is 18.0 Å². The summed E-state index contributed by atoms with van der Waals surface area (Å²) >= 11 is 3.13. The maximum atomic E-state index is 11.3. The first-order chi connectivity index (χ1) is 7.04. The van der Waals surface area contributed by atoms with Gasteiger partial charge in [-0.05, 0) is 29.0 Å². The molecule has 0 aliphatic heterocycles. The van der Waals surface area contributed by atoms with Crippen LogP contribution in [0.4, 0.5) is 5.69 Å². The Hall–Kier alpha value is -1.14. The van der Waals surface area contributed by atoms with Gasteiger partial charge in [0.15, 0.2) is 0 Å². The quantitative estimate of drug-likeness (QED) is 0.833. The number of anilines is 1. The van der Waals surface area contributed by atoms with Crippen molar-refractivity contribution in [3.63, 3.8) is 0 Å². The number of hydrogen-bond acceptors (Lipinski definition) is 3. The fraction of sp³-hybridized carbons (Fsp3) is 0.333. The lowest BCUT2D eigenvalue weighted by molar-refractivity contribution is -0.115. The van der Waals surface area contributed by atoms with Crippen LogP contribution in [0, 0.1) is 0 Å². The molecule has 0 unspecified atom stereocenters. The Kier molecular flexibility index (Phi) is 4.05. The lowest BCUT2D eigenvalue weighted by Crippen LogP contribution is -2.26. The molecule has 82 valence electrons. The van der Waals surface area contributed by atoms with Crippen molar-refractivity contribution >= 4 is 27.5 Å². The monoisotopic (exact) mass is 273 g/mol. The number of carbonyl (C=O) groups excluding carboxylic acids is 1. The standard InChI is InChI=1S/C9H12BrN3O2/c1-11-4-8(14)12-6-3-7(10)9(15)13(2)5-6/h3,5,11H,4H2,1-2H3,(H,12,14). The predicted octanol–water partition coefficient (Wildman–Crippen LogP) is 0.306. The molecule has 0 atom stereocenters. The molecule has 1 heterocycles. The van der Waals surface area contributed by atoms with Gasteiger partial charge in [0.1, 0.15) is 0 Å². The average molecular weight is 274 g/mol. The van der Waals surface area contributed by atoms with E-state index < -0.39 is 0 Å². The second-order valence-corrected chi connectivity index (χ2v) is 3.93. The summed E-state index contributed by atoms with van der Waals surface area (Å²) in [7, 11) is 3.32. The van der Waals surface area contributed by atoms with Crippen molar-refractivity contribution in [2.24, 2.45) is 7.05 Å². The van der Waals surface area contributed by atoms with E-state index >= 15 is 0 Å². The molecular formula is C9H12BrN3O2. The molecule has 0 aromatic carbocycles. The van der Waals surface area contributed by atoms with E-state index in [2.05, 4.69) is 26.6 Å². The van der Waals surface area contributed by atoms with Gasteiger partial charge >= 0.3 is 0 Å². The van der Waals surface area contributed by atoms with Crippen LogP contribution in [0.1, 0.15) is 0 Å². The van der Waals surface area contributed by atoms with E-state index in [1.165, 1.54) is 4.57 Å². The Bertz CT molecular complexity index is 402. The zero-order valence-corrected chi connectivity index (χ0v) is 10.1. The third kappa shape index (κ3) is 3.17. The molecule has 0 radical (unpaired) electrons. The molecular weight excluding hydrogens is 262 g/mol. The van der Waals surface area contributed by atoms with Gasteiger partial charge in [0, 0.05) is 13.2 Å². The molecule has 1 amide bonds. The van der Waals surface area contributed by atoms with Crippen LogP contribution < -0.4 is 16.2 Å². The number of amides is 1. The van der Waals surface area contributed by atoms with Gasteiger partial charge < -0.3 is 15.2 Å². The molecule has 0 saturated heterocycles. The number of carbonyl (C=O) groups is 1. The fourth-order valence-corrected chi connectivity index (χ4v) is 1.63. The third-order valence-corrected chi connectivity index (χ3v) is 2.33. The van der Waals surface area contributed by atoms with Crippen molar-refractivity contribution in [1.29, 1.82) is 0 Å². The first-order valence-corrected chi connectivity index (χ1v) is 5.14. The molecule has 0 bridgehead atoms. The molecule has 0 saturated carbocycles. The largest absolute Gasteiger partial charge is 0.324 e. The zero-order valence-electron chi connectivity index (χ0n) is 8.50. The third-order valence-electron chi connectivity index (χ3n) is 1.76. The Morgan fingerprint density at radius 1 is 1.60 bits per heavy atom. The highest BCUT2D eigenvalue weighted by Crippen LogP contribution is 2.10. The van der Waals surface area contributed by atoms with E-state index in [0.29, 0.717) is 10.2 Å². The molecule has 15 heavy (non-hydrogen) atoms. The zero-order chi connectivity index (χ0) is 11.4. The summed E-state index contributed by atoms with van der Waals surface area (Å²) in [6, 6.07) is 1.58. The summed E-state index contributed by atoms with van der Waals surface area (Å²) in [5, 5.41) is 5.40. The van der Waals surface area contributed by atoms with Gasteiger partial charge in [0.25, 0.3) is 5.56 Å². The second-order valence-electron chi connectivity index (χ2n) is 3.07. The number of halogens is 1. The van der Waals surface area contributed by atoms with Gasteiger partial charge in [-0.2, -0.15) is 0 Å². The SMILES string of the molecule is CNCC(=O)Nc1cc(Br)c(=O)n(C)c1. The highest BCUT2D eigenvalue weighted by molar-refractivity contribution is 9.10. The van der Waals surface area contributed by atoms with Crippen LogP contribution in [-0.2, 0) is 11.8 Å². The normalized spacial score (nSPS) is 10.1. The number of pyridine rings is 1. The van der Waals surface area contributed by atoms with Gasteiger partial charge in [-0.25, -0.2) is 0 Å². The van der Waals surface area contributed by atoms with Crippen molar-refractivity contribution < 1.29 is 4.79 Å². The van der Waals surface area contributed by atoms with Crippen molar-refractivity contribution in [2.45, 2.75) is 0 Å². The lowest BCUT2D eigenvalue weighted by atomic mass is 10.4. The van der Waals surface area contributed by atoms with E-state index in [1.54, 1.807) is 26.4 Å². The van der Waals surface area contributed by atoms with Crippen LogP contribution >= 0.6 is 15.9 Å². The smallest absolute Gasteiger partial charge is 0.264 e. The van der Waals surface area contributed by atoms with Crippen molar-refractivity contribution in [1.82, 2.24) is 9.88 Å². The lowest BCUT2D eigenvalue weighted by Gasteiger charge is -2.07. The van der Waals surface area contributed by atoms with Crippen molar-refractivity contribution in [3.05, 3.63) is 27.1 Å². The number of nitrogens with one attached hydrogen (secondary N) is 2.